The topological polar surface area (TPSA) is 12.5 Å². The molecule has 78 valence electrons. The van der Waals surface area contributed by atoms with Crippen LogP contribution in [0, 0.1) is 13.8 Å². The maximum Gasteiger partial charge on any atom is 0.0637 e. The molecule has 0 aromatic heterocycles. The Morgan fingerprint density at radius 1 is 1.21 bits per heavy atom. The Morgan fingerprint density at radius 3 is 2.50 bits per heavy atom. The standard InChI is InChI=1S/C12H19NO/c1-10-5-6-12(9-11(10)2)13(3)7-8-14-4/h5-6,9H,7-8H2,1-4H3. The molecule has 0 N–H and O–H groups in total. The zero-order chi connectivity index (χ0) is 10.6. The molecular formula is C12H19NO. The molecule has 0 unspecified atom stereocenters. The molecule has 0 spiro atoms. The summed E-state index contributed by atoms with van der Waals surface area (Å²) < 4.78 is 5.05. The summed E-state index contributed by atoms with van der Waals surface area (Å²) in [6.07, 6.45) is 0. The van der Waals surface area contributed by atoms with Crippen molar-refractivity contribution in [1.29, 1.82) is 0 Å². The lowest BCUT2D eigenvalue weighted by Gasteiger charge is -2.19. The first-order chi connectivity index (χ1) is 6.65. The third-order valence-corrected chi connectivity index (χ3v) is 2.56. The van der Waals surface area contributed by atoms with E-state index in [0.29, 0.717) is 0 Å². The Kier molecular flexibility index (Phi) is 3.96. The molecule has 1 rings (SSSR count). The molecule has 0 saturated heterocycles. The Balaban J connectivity index is 2.70. The minimum Gasteiger partial charge on any atom is -0.383 e. The van der Waals surface area contributed by atoms with Gasteiger partial charge in [0.05, 0.1) is 6.61 Å². The number of rotatable bonds is 4. The number of aryl methyl sites for hydroxylation is 2. The zero-order valence-corrected chi connectivity index (χ0v) is 9.50. The quantitative estimate of drug-likeness (QED) is 0.728. The minimum absolute atomic E-state index is 0.767. The van der Waals surface area contributed by atoms with E-state index in [9.17, 15) is 0 Å². The molecular weight excluding hydrogens is 174 g/mol. The van der Waals surface area contributed by atoms with Crippen molar-refractivity contribution in [3.8, 4) is 0 Å². The molecule has 0 amide bonds. The van der Waals surface area contributed by atoms with Gasteiger partial charge < -0.3 is 9.64 Å². The molecule has 0 saturated carbocycles. The second-order valence-corrected chi connectivity index (χ2v) is 3.68. The van der Waals surface area contributed by atoms with Crippen LogP contribution < -0.4 is 4.90 Å². The lowest BCUT2D eigenvalue weighted by Crippen LogP contribution is -2.22. The zero-order valence-electron chi connectivity index (χ0n) is 9.50. The van der Waals surface area contributed by atoms with Gasteiger partial charge >= 0.3 is 0 Å². The van der Waals surface area contributed by atoms with Gasteiger partial charge in [-0.2, -0.15) is 0 Å². The molecule has 0 atom stereocenters. The van der Waals surface area contributed by atoms with Gasteiger partial charge in [0.15, 0.2) is 0 Å². The second kappa shape index (κ2) is 5.01. The molecule has 2 heteroatoms. The highest BCUT2D eigenvalue weighted by Crippen LogP contribution is 2.17. The summed E-state index contributed by atoms with van der Waals surface area (Å²) in [6, 6.07) is 6.52. The van der Waals surface area contributed by atoms with Crippen LogP contribution in [0.3, 0.4) is 0 Å². The van der Waals surface area contributed by atoms with Crippen molar-refractivity contribution in [3.05, 3.63) is 29.3 Å². The first-order valence-electron chi connectivity index (χ1n) is 4.92. The lowest BCUT2D eigenvalue weighted by molar-refractivity contribution is 0.206. The Bertz CT molecular complexity index is 296. The maximum atomic E-state index is 5.05. The molecule has 2 nitrogen and oxygen atoms in total. The summed E-state index contributed by atoms with van der Waals surface area (Å²) in [5, 5.41) is 0. The highest BCUT2D eigenvalue weighted by atomic mass is 16.5. The van der Waals surface area contributed by atoms with E-state index in [-0.39, 0.29) is 0 Å². The van der Waals surface area contributed by atoms with E-state index in [1.807, 2.05) is 0 Å². The molecule has 0 aliphatic rings. The molecule has 1 aromatic rings. The summed E-state index contributed by atoms with van der Waals surface area (Å²) in [4.78, 5) is 2.20. The second-order valence-electron chi connectivity index (χ2n) is 3.68. The summed E-state index contributed by atoms with van der Waals surface area (Å²) in [5.74, 6) is 0. The van der Waals surface area contributed by atoms with Crippen molar-refractivity contribution in [1.82, 2.24) is 0 Å². The van der Waals surface area contributed by atoms with Crippen LogP contribution >= 0.6 is 0 Å². The van der Waals surface area contributed by atoms with Crippen LogP contribution in [0.25, 0.3) is 0 Å². The van der Waals surface area contributed by atoms with Crippen LogP contribution in [0.15, 0.2) is 18.2 Å². The normalized spacial score (nSPS) is 10.3. The number of likely N-dealkylation sites (N-methyl/N-ethyl adjacent to an activating group) is 1. The van der Waals surface area contributed by atoms with Gasteiger partial charge in [-0.15, -0.1) is 0 Å². The van der Waals surface area contributed by atoms with Crippen molar-refractivity contribution in [2.75, 3.05) is 32.2 Å². The Morgan fingerprint density at radius 2 is 1.93 bits per heavy atom. The molecule has 0 aliphatic heterocycles. The fourth-order valence-electron chi connectivity index (χ4n) is 1.32. The smallest absolute Gasteiger partial charge is 0.0637 e. The number of anilines is 1. The van der Waals surface area contributed by atoms with Gasteiger partial charge in [-0.25, -0.2) is 0 Å². The average molecular weight is 193 g/mol. The monoisotopic (exact) mass is 193 g/mol. The van der Waals surface area contributed by atoms with E-state index >= 15 is 0 Å². The number of hydrogen-bond donors (Lipinski definition) is 0. The van der Waals surface area contributed by atoms with Crippen LogP contribution in [0.2, 0.25) is 0 Å². The fourth-order valence-corrected chi connectivity index (χ4v) is 1.32. The van der Waals surface area contributed by atoms with E-state index < -0.39 is 0 Å². The van der Waals surface area contributed by atoms with E-state index in [1.165, 1.54) is 16.8 Å². The molecule has 1 aromatic carbocycles. The number of hydrogen-bond acceptors (Lipinski definition) is 2. The number of benzene rings is 1. The van der Waals surface area contributed by atoms with Crippen LogP contribution in [-0.2, 0) is 4.74 Å². The van der Waals surface area contributed by atoms with Crippen LogP contribution in [0.4, 0.5) is 5.69 Å². The molecule has 0 heterocycles. The number of ether oxygens (including phenoxy) is 1. The first kappa shape index (κ1) is 11.1. The SMILES string of the molecule is COCCN(C)c1ccc(C)c(C)c1. The molecule has 0 radical (unpaired) electrons. The van der Waals surface area contributed by atoms with Gasteiger partial charge in [-0.3, -0.25) is 0 Å². The van der Waals surface area contributed by atoms with Gasteiger partial charge in [0.25, 0.3) is 0 Å². The third-order valence-electron chi connectivity index (χ3n) is 2.56. The summed E-state index contributed by atoms with van der Waals surface area (Å²) in [7, 11) is 3.82. The van der Waals surface area contributed by atoms with Crippen molar-refractivity contribution in [2.45, 2.75) is 13.8 Å². The van der Waals surface area contributed by atoms with E-state index in [4.69, 9.17) is 4.74 Å². The maximum absolute atomic E-state index is 5.05. The van der Waals surface area contributed by atoms with Crippen LogP contribution in [0.5, 0.6) is 0 Å². The van der Waals surface area contributed by atoms with Gasteiger partial charge in [0.1, 0.15) is 0 Å². The average Bonchev–Trinajstić information content (AvgIpc) is 2.18. The Labute approximate surface area is 86.5 Å². The van der Waals surface area contributed by atoms with Crippen LogP contribution in [0.1, 0.15) is 11.1 Å². The lowest BCUT2D eigenvalue weighted by atomic mass is 10.1. The molecule has 0 bridgehead atoms. The minimum atomic E-state index is 0.767. The van der Waals surface area contributed by atoms with Crippen LogP contribution in [-0.4, -0.2) is 27.3 Å². The fraction of sp³-hybridized carbons (Fsp3) is 0.500. The van der Waals surface area contributed by atoms with E-state index in [0.717, 1.165) is 13.2 Å². The Hall–Kier alpha value is -1.02. The van der Waals surface area contributed by atoms with Gasteiger partial charge in [0, 0.05) is 26.4 Å². The molecule has 0 fully saturated rings. The highest BCUT2D eigenvalue weighted by Gasteiger charge is 2.01. The van der Waals surface area contributed by atoms with Gasteiger partial charge in [0.2, 0.25) is 0 Å². The summed E-state index contributed by atoms with van der Waals surface area (Å²) in [5.41, 5.74) is 3.94. The molecule has 0 aliphatic carbocycles. The third kappa shape index (κ3) is 2.74. The highest BCUT2D eigenvalue weighted by molar-refractivity contribution is 5.49. The summed E-state index contributed by atoms with van der Waals surface area (Å²) in [6.45, 7) is 5.97. The number of methoxy groups -OCH3 is 1. The largest absolute Gasteiger partial charge is 0.383 e. The predicted octanol–water partition coefficient (Wildman–Crippen LogP) is 2.39. The van der Waals surface area contributed by atoms with Crippen molar-refractivity contribution >= 4 is 5.69 Å². The van der Waals surface area contributed by atoms with Gasteiger partial charge in [-0.1, -0.05) is 6.07 Å². The molecule has 14 heavy (non-hydrogen) atoms. The number of nitrogens with zero attached hydrogens (tertiary/aromatic N) is 1. The van der Waals surface area contributed by atoms with Crippen molar-refractivity contribution < 1.29 is 4.74 Å². The van der Waals surface area contributed by atoms with Gasteiger partial charge in [-0.05, 0) is 37.1 Å². The summed E-state index contributed by atoms with van der Waals surface area (Å²) >= 11 is 0. The van der Waals surface area contributed by atoms with Crippen molar-refractivity contribution in [3.63, 3.8) is 0 Å². The van der Waals surface area contributed by atoms with E-state index in [2.05, 4.69) is 44.0 Å². The predicted molar refractivity (Wildman–Crippen MR) is 61.1 cm³/mol. The first-order valence-corrected chi connectivity index (χ1v) is 4.92. The van der Waals surface area contributed by atoms with E-state index in [1.54, 1.807) is 7.11 Å². The van der Waals surface area contributed by atoms with Crippen molar-refractivity contribution in [2.24, 2.45) is 0 Å².